The zero-order valence-corrected chi connectivity index (χ0v) is 13.6. The van der Waals surface area contributed by atoms with Gasteiger partial charge in [0.1, 0.15) is 0 Å². The fourth-order valence-corrected chi connectivity index (χ4v) is 2.58. The summed E-state index contributed by atoms with van der Waals surface area (Å²) in [6, 6.07) is 13.2. The van der Waals surface area contributed by atoms with Gasteiger partial charge in [-0.25, -0.2) is 0 Å². The number of rotatable bonds is 6. The van der Waals surface area contributed by atoms with Crippen molar-refractivity contribution in [2.75, 3.05) is 7.11 Å². The zero-order valence-electron chi connectivity index (χ0n) is 13.6. The van der Waals surface area contributed by atoms with Gasteiger partial charge < -0.3 is 10.1 Å². The summed E-state index contributed by atoms with van der Waals surface area (Å²) >= 11 is 0. The average molecular weight is 325 g/mol. The van der Waals surface area contributed by atoms with Crippen molar-refractivity contribution in [1.82, 2.24) is 25.1 Å². The van der Waals surface area contributed by atoms with E-state index in [0.29, 0.717) is 17.4 Å². The van der Waals surface area contributed by atoms with Crippen molar-refractivity contribution in [3.05, 3.63) is 53.9 Å². The van der Waals surface area contributed by atoms with Crippen molar-refractivity contribution < 1.29 is 9.53 Å². The quantitative estimate of drug-likeness (QED) is 0.749. The number of nitrogens with one attached hydrogen (secondary N) is 1. The second-order valence-corrected chi connectivity index (χ2v) is 5.35. The Bertz CT molecular complexity index is 831. The zero-order chi connectivity index (χ0) is 16.9. The lowest BCUT2D eigenvalue weighted by atomic mass is 9.96. The van der Waals surface area contributed by atoms with Gasteiger partial charge in [-0.3, -0.25) is 4.79 Å². The van der Waals surface area contributed by atoms with Crippen molar-refractivity contribution in [3.8, 4) is 5.88 Å². The molecule has 1 atom stereocenters. The van der Waals surface area contributed by atoms with Gasteiger partial charge in [0.05, 0.1) is 19.6 Å². The third-order valence-electron chi connectivity index (χ3n) is 3.86. The van der Waals surface area contributed by atoms with E-state index in [0.717, 1.165) is 12.0 Å². The highest BCUT2D eigenvalue weighted by Crippen LogP contribution is 2.19. The number of benzene rings is 1. The summed E-state index contributed by atoms with van der Waals surface area (Å²) in [6.07, 6.45) is 0.725. The van der Waals surface area contributed by atoms with Gasteiger partial charge in [0.15, 0.2) is 11.5 Å². The highest BCUT2D eigenvalue weighted by atomic mass is 16.5. The molecule has 2 aromatic heterocycles. The van der Waals surface area contributed by atoms with Gasteiger partial charge in [0, 0.05) is 6.07 Å². The SMILES string of the molecule is CC[C@H](C(=O)NCc1nnc2ccc(OC)nn12)c1ccccc1. The molecule has 0 aliphatic carbocycles. The molecule has 1 N–H and O–H groups in total. The molecule has 0 spiro atoms. The van der Waals surface area contributed by atoms with Crippen LogP contribution in [0.2, 0.25) is 0 Å². The van der Waals surface area contributed by atoms with Crippen LogP contribution in [0.15, 0.2) is 42.5 Å². The fraction of sp³-hybridized carbons (Fsp3) is 0.294. The van der Waals surface area contributed by atoms with Crippen molar-refractivity contribution in [1.29, 1.82) is 0 Å². The number of ether oxygens (including phenoxy) is 1. The standard InChI is InChI=1S/C17H19N5O2/c1-3-13(12-7-5-4-6-8-12)17(23)18-11-15-20-19-14-9-10-16(24-2)21-22(14)15/h4-10,13H,3,11H2,1-2H3,(H,18,23)/t13-/m0/s1. The summed E-state index contributed by atoms with van der Waals surface area (Å²) < 4.78 is 6.68. The summed E-state index contributed by atoms with van der Waals surface area (Å²) in [4.78, 5) is 12.5. The lowest BCUT2D eigenvalue weighted by Gasteiger charge is -2.14. The van der Waals surface area contributed by atoms with Crippen molar-refractivity contribution in [3.63, 3.8) is 0 Å². The van der Waals surface area contributed by atoms with Gasteiger partial charge in [-0.1, -0.05) is 37.3 Å². The van der Waals surface area contributed by atoms with Gasteiger partial charge in [-0.05, 0) is 18.1 Å². The number of carbonyl (C=O) groups excluding carboxylic acids is 1. The van der Waals surface area contributed by atoms with E-state index in [9.17, 15) is 4.79 Å². The third kappa shape index (κ3) is 3.19. The van der Waals surface area contributed by atoms with Gasteiger partial charge in [0.2, 0.25) is 11.8 Å². The molecule has 7 heteroatoms. The number of aromatic nitrogens is 4. The maximum atomic E-state index is 12.5. The molecule has 0 unspecified atom stereocenters. The topological polar surface area (TPSA) is 81.4 Å². The van der Waals surface area contributed by atoms with Crippen LogP contribution < -0.4 is 10.1 Å². The molecular formula is C17H19N5O2. The van der Waals surface area contributed by atoms with Crippen molar-refractivity contribution in [2.45, 2.75) is 25.8 Å². The summed E-state index contributed by atoms with van der Waals surface area (Å²) in [6.45, 7) is 2.25. The molecule has 7 nitrogen and oxygen atoms in total. The predicted molar refractivity (Wildman–Crippen MR) is 88.7 cm³/mol. The molecule has 1 aromatic carbocycles. The Labute approximate surface area is 139 Å². The monoisotopic (exact) mass is 325 g/mol. The lowest BCUT2D eigenvalue weighted by molar-refractivity contribution is -0.122. The summed E-state index contributed by atoms with van der Waals surface area (Å²) in [7, 11) is 1.55. The Morgan fingerprint density at radius 3 is 2.71 bits per heavy atom. The summed E-state index contributed by atoms with van der Waals surface area (Å²) in [5.41, 5.74) is 1.61. The molecule has 3 aromatic rings. The third-order valence-corrected chi connectivity index (χ3v) is 3.86. The minimum Gasteiger partial charge on any atom is -0.480 e. The minimum absolute atomic E-state index is 0.0386. The number of hydrogen-bond donors (Lipinski definition) is 1. The number of carbonyl (C=O) groups is 1. The second-order valence-electron chi connectivity index (χ2n) is 5.35. The number of fused-ring (bicyclic) bond motifs is 1. The highest BCUT2D eigenvalue weighted by molar-refractivity contribution is 5.83. The highest BCUT2D eigenvalue weighted by Gasteiger charge is 2.19. The van der Waals surface area contributed by atoms with Crippen molar-refractivity contribution >= 4 is 11.6 Å². The summed E-state index contributed by atoms with van der Waals surface area (Å²) in [5, 5.41) is 15.3. The predicted octanol–water partition coefficient (Wildman–Crippen LogP) is 1.94. The second kappa shape index (κ2) is 7.08. The van der Waals surface area contributed by atoms with E-state index in [4.69, 9.17) is 4.74 Å². The molecule has 0 fully saturated rings. The van der Waals surface area contributed by atoms with E-state index in [1.807, 2.05) is 37.3 Å². The fourth-order valence-electron chi connectivity index (χ4n) is 2.58. The van der Waals surface area contributed by atoms with Crippen LogP contribution in [0.1, 0.15) is 30.7 Å². The van der Waals surface area contributed by atoms with E-state index in [2.05, 4.69) is 20.6 Å². The summed E-state index contributed by atoms with van der Waals surface area (Å²) in [5.74, 6) is 0.794. The Kier molecular flexibility index (Phi) is 4.69. The van der Waals surface area contributed by atoms with E-state index < -0.39 is 0 Å². The number of nitrogens with zero attached hydrogens (tertiary/aromatic N) is 4. The maximum Gasteiger partial charge on any atom is 0.231 e. The Morgan fingerprint density at radius 2 is 2.00 bits per heavy atom. The lowest BCUT2D eigenvalue weighted by Crippen LogP contribution is -2.29. The van der Waals surface area contributed by atoms with E-state index in [1.165, 1.54) is 0 Å². The first-order valence-electron chi connectivity index (χ1n) is 7.81. The van der Waals surface area contributed by atoms with Crippen LogP contribution in [0.5, 0.6) is 5.88 Å². The first-order valence-corrected chi connectivity index (χ1v) is 7.81. The number of amides is 1. The van der Waals surface area contributed by atoms with Gasteiger partial charge in [-0.15, -0.1) is 15.3 Å². The first-order chi connectivity index (χ1) is 11.7. The van der Waals surface area contributed by atoms with E-state index >= 15 is 0 Å². The van der Waals surface area contributed by atoms with Gasteiger partial charge in [0.25, 0.3) is 0 Å². The molecule has 0 saturated heterocycles. The molecule has 0 aliphatic rings. The molecule has 0 radical (unpaired) electrons. The Hall–Kier alpha value is -2.96. The average Bonchev–Trinajstić information content (AvgIpc) is 3.03. The van der Waals surface area contributed by atoms with Crippen LogP contribution >= 0.6 is 0 Å². The molecule has 2 heterocycles. The minimum atomic E-state index is -0.187. The van der Waals surface area contributed by atoms with Crippen LogP contribution in [-0.2, 0) is 11.3 Å². The van der Waals surface area contributed by atoms with Gasteiger partial charge in [-0.2, -0.15) is 4.52 Å². The molecule has 24 heavy (non-hydrogen) atoms. The van der Waals surface area contributed by atoms with Crippen LogP contribution in [0.25, 0.3) is 5.65 Å². The normalized spacial score (nSPS) is 12.1. The van der Waals surface area contributed by atoms with E-state index in [1.54, 1.807) is 23.8 Å². The largest absolute Gasteiger partial charge is 0.480 e. The molecule has 0 aliphatic heterocycles. The molecule has 3 rings (SSSR count). The Balaban J connectivity index is 1.74. The number of hydrogen-bond acceptors (Lipinski definition) is 5. The van der Waals surface area contributed by atoms with Crippen molar-refractivity contribution in [2.24, 2.45) is 0 Å². The maximum absolute atomic E-state index is 12.5. The molecule has 0 saturated carbocycles. The van der Waals surface area contributed by atoms with Crippen LogP contribution in [0, 0.1) is 0 Å². The molecule has 1 amide bonds. The Morgan fingerprint density at radius 1 is 1.21 bits per heavy atom. The van der Waals surface area contributed by atoms with E-state index in [-0.39, 0.29) is 18.4 Å². The van der Waals surface area contributed by atoms with Crippen LogP contribution in [0.4, 0.5) is 0 Å². The molecule has 124 valence electrons. The molecular weight excluding hydrogens is 306 g/mol. The van der Waals surface area contributed by atoms with Gasteiger partial charge >= 0.3 is 0 Å². The smallest absolute Gasteiger partial charge is 0.231 e. The van der Waals surface area contributed by atoms with Crippen LogP contribution in [-0.4, -0.2) is 32.8 Å². The van der Waals surface area contributed by atoms with Crippen LogP contribution in [0.3, 0.4) is 0 Å². The number of methoxy groups -OCH3 is 1. The molecule has 0 bridgehead atoms. The first kappa shape index (κ1) is 15.9.